The average molecular weight is 618 g/mol. The Bertz CT molecular complexity index is 1780. The van der Waals surface area contributed by atoms with Crippen LogP contribution in [0, 0.1) is 0 Å². The molecular formula is C34H33F2N3O6. The molecule has 0 atom stereocenters. The first-order valence-corrected chi connectivity index (χ1v) is 14.9. The quantitative estimate of drug-likeness (QED) is 0.163. The van der Waals surface area contributed by atoms with Gasteiger partial charge in [0.25, 0.3) is 5.91 Å². The smallest absolute Gasteiger partial charge is 0.387 e. The van der Waals surface area contributed by atoms with Crippen LogP contribution in [0.2, 0.25) is 0 Å². The lowest BCUT2D eigenvalue weighted by molar-refractivity contribution is -0.131. The van der Waals surface area contributed by atoms with Gasteiger partial charge in [0.1, 0.15) is 11.3 Å². The molecular weight excluding hydrogens is 584 g/mol. The van der Waals surface area contributed by atoms with Crippen molar-refractivity contribution in [3.8, 4) is 17.0 Å². The highest BCUT2D eigenvalue weighted by Crippen LogP contribution is 2.45. The number of amides is 2. The van der Waals surface area contributed by atoms with E-state index < -0.39 is 29.9 Å². The van der Waals surface area contributed by atoms with Crippen molar-refractivity contribution in [3.05, 3.63) is 77.8 Å². The predicted octanol–water partition coefficient (Wildman–Crippen LogP) is 7.09. The lowest BCUT2D eigenvalue weighted by Gasteiger charge is -2.40. The third kappa shape index (κ3) is 5.94. The van der Waals surface area contributed by atoms with Crippen LogP contribution in [0.25, 0.3) is 28.2 Å². The maximum Gasteiger partial charge on any atom is 0.387 e. The van der Waals surface area contributed by atoms with E-state index in [1.54, 1.807) is 18.6 Å². The Morgan fingerprint density at radius 1 is 1.09 bits per heavy atom. The van der Waals surface area contributed by atoms with Crippen LogP contribution in [0.4, 0.5) is 14.5 Å². The van der Waals surface area contributed by atoms with Gasteiger partial charge in [-0.15, -0.1) is 0 Å². The van der Waals surface area contributed by atoms with Crippen molar-refractivity contribution >= 4 is 40.4 Å². The second-order valence-corrected chi connectivity index (χ2v) is 11.7. The van der Waals surface area contributed by atoms with Gasteiger partial charge in [-0.1, -0.05) is 18.9 Å². The van der Waals surface area contributed by atoms with Crippen LogP contribution in [0.5, 0.6) is 5.75 Å². The number of aliphatic carboxylic acids is 1. The standard InChI is InChI=1S/C34H33F2N3O6/c1-39-26-17-22(8-11-25(26)29(21-5-2-3-6-21)30(39)23-13-16-44-19-23)31(42)38-34(14-4-15-34)32(43)37-24-10-7-20(9-12-28(40)41)27(18-24)45-33(35)36/h7-13,16-19,21,33H,2-6,14-15H2,1H3,(H,37,43)(H,38,42)(H,40,41)/b12-9+. The molecule has 2 amide bonds. The maximum absolute atomic E-state index is 13.6. The van der Waals surface area contributed by atoms with E-state index in [2.05, 4.69) is 19.9 Å². The van der Waals surface area contributed by atoms with Gasteiger partial charge in [0, 0.05) is 52.5 Å². The fraction of sp³-hybridized carbons (Fsp3) is 0.324. The van der Waals surface area contributed by atoms with Gasteiger partial charge >= 0.3 is 12.6 Å². The summed E-state index contributed by atoms with van der Waals surface area (Å²) in [5.41, 5.74) is 3.76. The summed E-state index contributed by atoms with van der Waals surface area (Å²) in [7, 11) is 1.99. The Morgan fingerprint density at radius 2 is 1.87 bits per heavy atom. The van der Waals surface area contributed by atoms with Crippen LogP contribution in [-0.2, 0) is 16.6 Å². The number of carbonyl (C=O) groups is 3. The highest BCUT2D eigenvalue weighted by molar-refractivity contribution is 6.06. The number of rotatable bonds is 10. The molecule has 0 aliphatic heterocycles. The number of benzene rings is 2. The van der Waals surface area contributed by atoms with E-state index in [4.69, 9.17) is 9.52 Å². The number of furan rings is 1. The summed E-state index contributed by atoms with van der Waals surface area (Å²) in [5.74, 6) is -2.00. The zero-order valence-electron chi connectivity index (χ0n) is 24.6. The molecule has 0 bridgehead atoms. The first-order valence-electron chi connectivity index (χ1n) is 14.9. The number of ether oxygens (including phenoxy) is 1. The number of hydrogen-bond donors (Lipinski definition) is 3. The van der Waals surface area contributed by atoms with Crippen LogP contribution in [0.15, 0.2) is 65.5 Å². The Balaban J connectivity index is 1.25. The summed E-state index contributed by atoms with van der Waals surface area (Å²) in [5, 5.41) is 15.6. The number of carboxylic acid groups (broad SMARTS) is 1. The van der Waals surface area contributed by atoms with Gasteiger partial charge in [0.2, 0.25) is 5.91 Å². The van der Waals surface area contributed by atoms with E-state index in [0.29, 0.717) is 24.3 Å². The molecule has 0 unspecified atom stereocenters. The largest absolute Gasteiger partial charge is 0.478 e. The van der Waals surface area contributed by atoms with E-state index >= 15 is 0 Å². The molecule has 2 saturated carbocycles. The molecule has 6 rings (SSSR count). The monoisotopic (exact) mass is 617 g/mol. The number of hydrogen-bond acceptors (Lipinski definition) is 5. The highest BCUT2D eigenvalue weighted by Gasteiger charge is 2.45. The fourth-order valence-electron chi connectivity index (χ4n) is 6.57. The number of carboxylic acids is 1. The second kappa shape index (κ2) is 12.2. The molecule has 45 heavy (non-hydrogen) atoms. The highest BCUT2D eigenvalue weighted by atomic mass is 19.3. The number of halogens is 2. The average Bonchev–Trinajstić information content (AvgIpc) is 3.75. The van der Waals surface area contributed by atoms with E-state index in [-0.39, 0.29) is 17.0 Å². The molecule has 2 fully saturated rings. The van der Waals surface area contributed by atoms with Crippen molar-refractivity contribution in [1.29, 1.82) is 0 Å². The number of alkyl halides is 2. The topological polar surface area (TPSA) is 123 Å². The zero-order valence-corrected chi connectivity index (χ0v) is 24.6. The third-order valence-corrected chi connectivity index (χ3v) is 8.95. The molecule has 3 N–H and O–H groups in total. The summed E-state index contributed by atoms with van der Waals surface area (Å²) in [6, 6.07) is 11.6. The number of anilines is 1. The number of nitrogens with zero attached hydrogens (tertiary/aromatic N) is 1. The minimum atomic E-state index is -3.16. The molecule has 9 nitrogen and oxygen atoms in total. The first-order chi connectivity index (χ1) is 21.6. The van der Waals surface area contributed by atoms with Gasteiger partial charge in [0.15, 0.2) is 0 Å². The van der Waals surface area contributed by atoms with Crippen molar-refractivity contribution in [3.63, 3.8) is 0 Å². The summed E-state index contributed by atoms with van der Waals surface area (Å²) in [6.45, 7) is -3.16. The summed E-state index contributed by atoms with van der Waals surface area (Å²) < 4.78 is 38.1. The van der Waals surface area contributed by atoms with Crippen molar-refractivity contribution < 1.29 is 37.4 Å². The van der Waals surface area contributed by atoms with Crippen molar-refractivity contribution in [2.24, 2.45) is 7.05 Å². The van der Waals surface area contributed by atoms with Gasteiger partial charge in [-0.3, -0.25) is 9.59 Å². The molecule has 2 aliphatic rings. The molecule has 0 saturated heterocycles. The third-order valence-electron chi connectivity index (χ3n) is 8.95. The molecule has 4 aromatic rings. The molecule has 0 radical (unpaired) electrons. The fourth-order valence-corrected chi connectivity index (χ4v) is 6.57. The van der Waals surface area contributed by atoms with Crippen LogP contribution in [0.1, 0.15) is 72.3 Å². The SMILES string of the molecule is Cn1c(-c2ccoc2)c(C2CCCC2)c2ccc(C(=O)NC3(C(=O)Nc4ccc(/C=C/C(=O)O)c(OC(F)F)c4)CCC3)cc21. The van der Waals surface area contributed by atoms with Crippen molar-refractivity contribution in [2.45, 2.75) is 63.0 Å². The van der Waals surface area contributed by atoms with Gasteiger partial charge in [0.05, 0.1) is 18.2 Å². The number of fused-ring (bicyclic) bond motifs is 1. The van der Waals surface area contributed by atoms with Crippen LogP contribution in [0.3, 0.4) is 0 Å². The van der Waals surface area contributed by atoms with Crippen molar-refractivity contribution in [2.75, 3.05) is 5.32 Å². The van der Waals surface area contributed by atoms with Crippen molar-refractivity contribution in [1.82, 2.24) is 9.88 Å². The summed E-state index contributed by atoms with van der Waals surface area (Å²) >= 11 is 0. The summed E-state index contributed by atoms with van der Waals surface area (Å²) in [4.78, 5) is 38.0. The summed E-state index contributed by atoms with van der Waals surface area (Å²) in [6.07, 6.45) is 11.5. The zero-order chi connectivity index (χ0) is 31.7. The minimum Gasteiger partial charge on any atom is -0.478 e. The van der Waals surface area contributed by atoms with E-state index in [1.807, 2.05) is 25.2 Å². The van der Waals surface area contributed by atoms with E-state index in [0.717, 1.165) is 53.6 Å². The molecule has 11 heteroatoms. The normalized spacial score (nSPS) is 16.3. The molecule has 0 spiro atoms. The molecule has 2 aliphatic carbocycles. The minimum absolute atomic E-state index is 0.102. The Kier molecular flexibility index (Phi) is 8.18. The molecule has 234 valence electrons. The number of carbonyl (C=O) groups excluding carboxylic acids is 2. The van der Waals surface area contributed by atoms with Crippen LogP contribution in [-0.4, -0.2) is 39.6 Å². The number of aromatic nitrogens is 1. The maximum atomic E-state index is 13.6. The van der Waals surface area contributed by atoms with Crippen LogP contribution < -0.4 is 15.4 Å². The lowest BCUT2D eigenvalue weighted by Crippen LogP contribution is -2.61. The number of aryl methyl sites for hydroxylation is 1. The Labute approximate surface area is 257 Å². The van der Waals surface area contributed by atoms with Gasteiger partial charge in [-0.2, -0.15) is 8.78 Å². The predicted molar refractivity (Wildman–Crippen MR) is 164 cm³/mol. The van der Waals surface area contributed by atoms with E-state index in [1.165, 1.54) is 36.6 Å². The Hall–Kier alpha value is -4.93. The number of nitrogens with one attached hydrogen (secondary N) is 2. The molecule has 2 aromatic heterocycles. The van der Waals surface area contributed by atoms with Gasteiger partial charge < -0.3 is 29.5 Å². The van der Waals surface area contributed by atoms with Gasteiger partial charge in [-0.05, 0) is 80.0 Å². The Morgan fingerprint density at radius 3 is 2.51 bits per heavy atom. The van der Waals surface area contributed by atoms with Gasteiger partial charge in [-0.25, -0.2) is 4.79 Å². The van der Waals surface area contributed by atoms with E-state index in [9.17, 15) is 23.2 Å². The molecule has 2 heterocycles. The first kappa shape index (κ1) is 30.1. The van der Waals surface area contributed by atoms with Crippen LogP contribution >= 0.6 is 0 Å². The second-order valence-electron chi connectivity index (χ2n) is 11.7. The lowest BCUT2D eigenvalue weighted by atomic mass is 9.75. The molecule has 2 aromatic carbocycles.